The number of aliphatic hydroxyl groups is 1. The molecule has 1 aliphatic heterocycles. The molecule has 0 fully saturated rings. The second-order valence-electron chi connectivity index (χ2n) is 5.42. The monoisotopic (exact) mass is 382 g/mol. The molecule has 0 amide bonds. The molecule has 1 aliphatic rings. The largest absolute Gasteiger partial charge is 0.506 e. The summed E-state index contributed by atoms with van der Waals surface area (Å²) >= 11 is 1.20. The van der Waals surface area contributed by atoms with E-state index in [1.54, 1.807) is 56.6 Å². The Labute approximate surface area is 161 Å². The predicted octanol–water partition coefficient (Wildman–Crippen LogP) is 4.28. The van der Waals surface area contributed by atoms with Crippen LogP contribution in [-0.4, -0.2) is 34.8 Å². The molecule has 138 valence electrons. The topological polar surface area (TPSA) is 81.0 Å². The van der Waals surface area contributed by atoms with Gasteiger partial charge in [-0.15, -0.1) is 0 Å². The van der Waals surface area contributed by atoms with E-state index in [2.05, 4.69) is 9.98 Å². The fraction of sp³-hybridized carbons (Fsp3) is 0.150. The Morgan fingerprint density at radius 3 is 2.67 bits per heavy atom. The third-order valence-corrected chi connectivity index (χ3v) is 4.66. The maximum absolute atomic E-state index is 12.4. The minimum absolute atomic E-state index is 0.0554. The van der Waals surface area contributed by atoms with Crippen molar-refractivity contribution in [3.05, 3.63) is 70.6 Å². The molecule has 27 heavy (non-hydrogen) atoms. The lowest BCUT2D eigenvalue weighted by atomic mass is 10.2. The van der Waals surface area contributed by atoms with Crippen LogP contribution >= 0.6 is 11.8 Å². The number of methoxy groups -OCH3 is 1. The number of hydrogen-bond acceptors (Lipinski definition) is 7. The second kappa shape index (κ2) is 8.55. The average Bonchev–Trinajstić information content (AvgIpc) is 2.98. The van der Waals surface area contributed by atoms with Crippen molar-refractivity contribution in [2.75, 3.05) is 13.7 Å². The second-order valence-corrected chi connectivity index (χ2v) is 6.45. The van der Waals surface area contributed by atoms with Crippen LogP contribution in [0.5, 0.6) is 5.75 Å². The van der Waals surface area contributed by atoms with Crippen LogP contribution in [0, 0.1) is 0 Å². The molecule has 2 heterocycles. The van der Waals surface area contributed by atoms with Gasteiger partial charge in [0.25, 0.3) is 0 Å². The minimum atomic E-state index is -0.612. The number of carbonyl (C=O) groups excluding carboxylic acids is 1. The number of esters is 1. The molecule has 0 bridgehead atoms. The molecular weight excluding hydrogens is 364 g/mol. The summed E-state index contributed by atoms with van der Waals surface area (Å²) in [6, 6.07) is 12.6. The molecule has 0 radical (unpaired) electrons. The van der Waals surface area contributed by atoms with Crippen LogP contribution in [0.3, 0.4) is 0 Å². The summed E-state index contributed by atoms with van der Waals surface area (Å²) in [7, 11) is 1.59. The zero-order valence-corrected chi connectivity index (χ0v) is 15.7. The van der Waals surface area contributed by atoms with Gasteiger partial charge in [0.15, 0.2) is 0 Å². The van der Waals surface area contributed by atoms with Crippen LogP contribution in [0.25, 0.3) is 6.08 Å². The Bertz CT molecular complexity index is 919. The van der Waals surface area contributed by atoms with Crippen molar-refractivity contribution in [2.24, 2.45) is 4.99 Å². The van der Waals surface area contributed by atoms with Crippen molar-refractivity contribution in [1.82, 2.24) is 4.98 Å². The van der Waals surface area contributed by atoms with Crippen molar-refractivity contribution in [1.29, 1.82) is 0 Å². The highest BCUT2D eigenvalue weighted by Crippen LogP contribution is 2.40. The number of nitrogens with zero attached hydrogens (tertiary/aromatic N) is 2. The highest BCUT2D eigenvalue weighted by molar-refractivity contribution is 8.18. The lowest BCUT2D eigenvalue weighted by Gasteiger charge is -2.04. The molecule has 3 rings (SSSR count). The van der Waals surface area contributed by atoms with Crippen LogP contribution in [0.2, 0.25) is 0 Å². The number of thioether (sulfide) groups is 1. The number of benzene rings is 1. The predicted molar refractivity (Wildman–Crippen MR) is 106 cm³/mol. The van der Waals surface area contributed by atoms with E-state index in [4.69, 9.17) is 9.47 Å². The van der Waals surface area contributed by atoms with Gasteiger partial charge in [-0.3, -0.25) is 4.98 Å². The van der Waals surface area contributed by atoms with Gasteiger partial charge in [0, 0.05) is 6.20 Å². The van der Waals surface area contributed by atoms with Crippen molar-refractivity contribution >= 4 is 34.5 Å². The van der Waals surface area contributed by atoms with Gasteiger partial charge in [0.05, 0.1) is 30.0 Å². The molecular formula is C20H18N2O4S. The molecule has 1 aromatic carbocycles. The SMILES string of the molecule is CCOC(=O)C1=C(O)C(=Cc2ccccn2)SC1=Nc1ccc(OC)cc1. The maximum atomic E-state index is 12.4. The van der Waals surface area contributed by atoms with Gasteiger partial charge in [-0.1, -0.05) is 17.8 Å². The molecule has 0 spiro atoms. The first-order valence-electron chi connectivity index (χ1n) is 8.26. The van der Waals surface area contributed by atoms with Gasteiger partial charge in [-0.2, -0.15) is 0 Å². The van der Waals surface area contributed by atoms with Gasteiger partial charge in [0.2, 0.25) is 0 Å². The van der Waals surface area contributed by atoms with E-state index in [1.165, 1.54) is 11.8 Å². The molecule has 1 N–H and O–H groups in total. The summed E-state index contributed by atoms with van der Waals surface area (Å²) in [6.07, 6.45) is 3.36. The van der Waals surface area contributed by atoms with E-state index in [0.29, 0.717) is 27.1 Å². The van der Waals surface area contributed by atoms with Gasteiger partial charge in [0.1, 0.15) is 22.1 Å². The van der Waals surface area contributed by atoms with Gasteiger partial charge in [-0.25, -0.2) is 9.79 Å². The van der Waals surface area contributed by atoms with E-state index in [-0.39, 0.29) is 17.9 Å². The van der Waals surface area contributed by atoms with Crippen LogP contribution in [0.4, 0.5) is 5.69 Å². The number of rotatable bonds is 5. The van der Waals surface area contributed by atoms with Gasteiger partial charge < -0.3 is 14.6 Å². The van der Waals surface area contributed by atoms with Crippen LogP contribution in [0.1, 0.15) is 12.6 Å². The Morgan fingerprint density at radius 2 is 2.04 bits per heavy atom. The quantitative estimate of drug-likeness (QED) is 0.777. The molecule has 2 aromatic rings. The molecule has 7 heteroatoms. The maximum Gasteiger partial charge on any atom is 0.344 e. The lowest BCUT2D eigenvalue weighted by molar-refractivity contribution is -0.138. The van der Waals surface area contributed by atoms with Crippen LogP contribution in [0.15, 0.2) is 69.9 Å². The Morgan fingerprint density at radius 1 is 1.26 bits per heavy atom. The standard InChI is InChI=1S/C20H18N2O4S/c1-3-26-20(24)17-18(23)16(12-14-6-4-5-11-21-14)27-19(17)22-13-7-9-15(25-2)10-8-13/h4-12,23H,3H2,1-2H3. The van der Waals surface area contributed by atoms with Crippen molar-refractivity contribution in [2.45, 2.75) is 6.92 Å². The third kappa shape index (κ3) is 4.38. The summed E-state index contributed by atoms with van der Waals surface area (Å²) in [6.45, 7) is 1.91. The number of ether oxygens (including phenoxy) is 2. The minimum Gasteiger partial charge on any atom is -0.506 e. The molecule has 0 aliphatic carbocycles. The number of aromatic nitrogens is 1. The number of aliphatic imine (C=N–C) groups is 1. The summed E-state index contributed by atoms with van der Waals surface area (Å²) in [5.74, 6) is -0.0617. The summed E-state index contributed by atoms with van der Waals surface area (Å²) in [5.41, 5.74) is 1.35. The third-order valence-electron chi connectivity index (χ3n) is 3.64. The highest BCUT2D eigenvalue weighted by Gasteiger charge is 2.33. The van der Waals surface area contributed by atoms with Crippen molar-refractivity contribution < 1.29 is 19.4 Å². The van der Waals surface area contributed by atoms with Gasteiger partial charge >= 0.3 is 5.97 Å². The molecule has 0 saturated heterocycles. The zero-order valence-electron chi connectivity index (χ0n) is 14.9. The van der Waals surface area contributed by atoms with E-state index in [9.17, 15) is 9.90 Å². The molecule has 1 aromatic heterocycles. The van der Waals surface area contributed by atoms with Crippen molar-refractivity contribution in [3.8, 4) is 5.75 Å². The Hall–Kier alpha value is -3.06. The summed E-state index contributed by atoms with van der Waals surface area (Å²) in [4.78, 5) is 21.6. The van der Waals surface area contributed by atoms with E-state index in [0.717, 1.165) is 0 Å². The fourth-order valence-electron chi connectivity index (χ4n) is 2.36. The van der Waals surface area contributed by atoms with Crippen LogP contribution in [-0.2, 0) is 9.53 Å². The zero-order chi connectivity index (χ0) is 19.2. The first-order valence-corrected chi connectivity index (χ1v) is 9.08. The molecule has 0 unspecified atom stereocenters. The smallest absolute Gasteiger partial charge is 0.344 e. The number of hydrogen-bond donors (Lipinski definition) is 1. The Kier molecular flexibility index (Phi) is 5.93. The average molecular weight is 382 g/mol. The van der Waals surface area contributed by atoms with E-state index < -0.39 is 5.97 Å². The van der Waals surface area contributed by atoms with Gasteiger partial charge in [-0.05, 0) is 49.4 Å². The summed E-state index contributed by atoms with van der Waals surface area (Å²) in [5, 5.41) is 11.0. The molecule has 0 saturated carbocycles. The van der Waals surface area contributed by atoms with Crippen molar-refractivity contribution in [3.63, 3.8) is 0 Å². The van der Waals surface area contributed by atoms with E-state index in [1.807, 2.05) is 12.1 Å². The number of carbonyl (C=O) groups is 1. The molecule has 6 nitrogen and oxygen atoms in total. The lowest BCUT2D eigenvalue weighted by Crippen LogP contribution is -2.12. The highest BCUT2D eigenvalue weighted by atomic mass is 32.2. The van der Waals surface area contributed by atoms with Crippen LogP contribution < -0.4 is 4.74 Å². The van der Waals surface area contributed by atoms with E-state index >= 15 is 0 Å². The Balaban J connectivity index is 2.00. The number of aliphatic hydroxyl groups excluding tert-OH is 1. The molecule has 0 atom stereocenters. The first kappa shape index (κ1) is 18.7. The first-order chi connectivity index (χ1) is 13.1. The normalized spacial score (nSPS) is 16.8. The summed E-state index contributed by atoms with van der Waals surface area (Å²) < 4.78 is 10.2. The fourth-order valence-corrected chi connectivity index (χ4v) is 3.38. The number of pyridine rings is 1.